The van der Waals surface area contributed by atoms with Gasteiger partial charge in [-0.1, -0.05) is 23.7 Å². The van der Waals surface area contributed by atoms with Gasteiger partial charge in [-0.15, -0.1) is 0 Å². The zero-order valence-electron chi connectivity index (χ0n) is 12.0. The highest BCUT2D eigenvalue weighted by molar-refractivity contribution is 6.32. The van der Waals surface area contributed by atoms with E-state index in [0.29, 0.717) is 11.3 Å². The van der Waals surface area contributed by atoms with Crippen LogP contribution in [0, 0.1) is 0 Å². The third-order valence-corrected chi connectivity index (χ3v) is 3.23. The lowest BCUT2D eigenvalue weighted by Crippen LogP contribution is -2.21. The Labute approximate surface area is 134 Å². The second kappa shape index (κ2) is 6.91. The van der Waals surface area contributed by atoms with E-state index in [4.69, 9.17) is 11.6 Å². The number of alkyl halides is 3. The first-order chi connectivity index (χ1) is 10.8. The molecule has 1 heterocycles. The Kier molecular flexibility index (Phi) is 5.15. The summed E-state index contributed by atoms with van der Waals surface area (Å²) in [4.78, 5) is 11.6. The zero-order chi connectivity index (χ0) is 17.0. The van der Waals surface area contributed by atoms with Crippen molar-refractivity contribution in [1.82, 2.24) is 9.78 Å². The molecule has 9 heteroatoms. The van der Waals surface area contributed by atoms with Crippen LogP contribution >= 0.6 is 11.6 Å². The van der Waals surface area contributed by atoms with Crippen LogP contribution in [-0.2, 0) is 13.6 Å². The molecule has 0 bridgehead atoms. The average Bonchev–Trinajstić information content (AvgIpc) is 2.50. The summed E-state index contributed by atoms with van der Waals surface area (Å²) in [6, 6.07) is 6.19. The molecule has 2 rings (SSSR count). The minimum atomic E-state index is -4.39. The lowest BCUT2D eigenvalue weighted by Gasteiger charge is -2.11. The first kappa shape index (κ1) is 17.1. The van der Waals surface area contributed by atoms with E-state index in [1.54, 1.807) is 12.1 Å². The van der Waals surface area contributed by atoms with Crippen molar-refractivity contribution in [3.05, 3.63) is 51.4 Å². The Balaban J connectivity index is 2.04. The van der Waals surface area contributed by atoms with Gasteiger partial charge in [-0.3, -0.25) is 4.79 Å². The highest BCUT2D eigenvalue weighted by atomic mass is 35.5. The molecule has 0 aliphatic rings. The summed E-state index contributed by atoms with van der Waals surface area (Å²) < 4.78 is 42.2. The van der Waals surface area contributed by atoms with E-state index < -0.39 is 18.3 Å². The zero-order valence-corrected chi connectivity index (χ0v) is 12.8. The van der Waals surface area contributed by atoms with E-state index in [1.807, 2.05) is 0 Å². The minimum Gasteiger partial charge on any atom is -0.484 e. The summed E-state index contributed by atoms with van der Waals surface area (Å²) >= 11 is 5.91. The van der Waals surface area contributed by atoms with E-state index in [-0.39, 0.29) is 17.3 Å². The Bertz CT molecular complexity index is 747. The number of ether oxygens (including phenoxy) is 1. The summed E-state index contributed by atoms with van der Waals surface area (Å²) in [5.74, 6) is 0.106. The minimum absolute atomic E-state index is 0.00743. The molecule has 5 nitrogen and oxygen atoms in total. The van der Waals surface area contributed by atoms with Crippen molar-refractivity contribution < 1.29 is 17.9 Å². The number of hydrogen-bond acceptors (Lipinski definition) is 4. The third-order valence-electron chi connectivity index (χ3n) is 2.86. The Morgan fingerprint density at radius 1 is 1.39 bits per heavy atom. The molecule has 0 radical (unpaired) electrons. The van der Waals surface area contributed by atoms with Gasteiger partial charge in [-0.05, 0) is 17.7 Å². The molecule has 1 aromatic carbocycles. The third kappa shape index (κ3) is 4.88. The summed E-state index contributed by atoms with van der Waals surface area (Å²) in [6.45, 7) is -1.11. The lowest BCUT2D eigenvalue weighted by atomic mass is 10.2. The highest BCUT2D eigenvalue weighted by Gasteiger charge is 2.28. The second-order valence-corrected chi connectivity index (χ2v) is 5.08. The molecule has 2 aromatic rings. The van der Waals surface area contributed by atoms with Crippen LogP contribution in [-0.4, -0.2) is 22.6 Å². The molecule has 0 saturated heterocycles. The van der Waals surface area contributed by atoms with Crippen molar-refractivity contribution in [2.24, 2.45) is 7.05 Å². The molecule has 1 N–H and O–H groups in total. The van der Waals surface area contributed by atoms with Crippen molar-refractivity contribution in [1.29, 1.82) is 0 Å². The van der Waals surface area contributed by atoms with E-state index in [1.165, 1.54) is 25.4 Å². The fourth-order valence-corrected chi connectivity index (χ4v) is 1.98. The van der Waals surface area contributed by atoms with Gasteiger partial charge in [0.1, 0.15) is 10.8 Å². The maximum atomic E-state index is 12.1. The van der Waals surface area contributed by atoms with Gasteiger partial charge in [0, 0.05) is 13.6 Å². The summed E-state index contributed by atoms with van der Waals surface area (Å²) in [6.07, 6.45) is -2.99. The molecule has 0 aliphatic carbocycles. The van der Waals surface area contributed by atoms with E-state index >= 15 is 0 Å². The first-order valence-corrected chi connectivity index (χ1v) is 6.88. The molecule has 0 unspecified atom stereocenters. The number of rotatable bonds is 5. The van der Waals surface area contributed by atoms with Crippen LogP contribution in [0.25, 0.3) is 0 Å². The van der Waals surface area contributed by atoms with E-state index in [2.05, 4.69) is 15.2 Å². The Hall–Kier alpha value is -2.22. The van der Waals surface area contributed by atoms with Crippen molar-refractivity contribution in [2.45, 2.75) is 12.7 Å². The number of nitrogens with one attached hydrogen (secondary N) is 1. The number of nitrogens with zero attached hydrogens (tertiary/aromatic N) is 2. The number of aryl methyl sites for hydroxylation is 1. The lowest BCUT2D eigenvalue weighted by molar-refractivity contribution is -0.153. The molecule has 0 spiro atoms. The number of anilines is 1. The second-order valence-electron chi connectivity index (χ2n) is 4.71. The number of halogens is 4. The molecule has 1 aromatic heterocycles. The fraction of sp³-hybridized carbons (Fsp3) is 0.286. The van der Waals surface area contributed by atoms with Gasteiger partial charge in [0.2, 0.25) is 0 Å². The Morgan fingerprint density at radius 3 is 2.83 bits per heavy atom. The van der Waals surface area contributed by atoms with Crippen molar-refractivity contribution in [3.8, 4) is 5.75 Å². The predicted molar refractivity (Wildman–Crippen MR) is 79.8 cm³/mol. The molecular formula is C14H13ClF3N3O2. The van der Waals surface area contributed by atoms with Gasteiger partial charge in [0.25, 0.3) is 5.56 Å². The summed E-state index contributed by atoms with van der Waals surface area (Å²) in [5, 5.41) is 6.74. The van der Waals surface area contributed by atoms with Crippen LogP contribution in [0.1, 0.15) is 5.56 Å². The number of hydrogen-bond donors (Lipinski definition) is 1. The van der Waals surface area contributed by atoms with Gasteiger partial charge in [0.15, 0.2) is 6.61 Å². The maximum Gasteiger partial charge on any atom is 0.422 e. The summed E-state index contributed by atoms with van der Waals surface area (Å²) in [5.41, 5.74) is 0.566. The molecule has 23 heavy (non-hydrogen) atoms. The van der Waals surface area contributed by atoms with Crippen molar-refractivity contribution in [3.63, 3.8) is 0 Å². The molecule has 0 fully saturated rings. The number of benzene rings is 1. The quantitative estimate of drug-likeness (QED) is 0.903. The van der Waals surface area contributed by atoms with Gasteiger partial charge >= 0.3 is 6.18 Å². The molecular weight excluding hydrogens is 335 g/mol. The first-order valence-electron chi connectivity index (χ1n) is 6.50. The van der Waals surface area contributed by atoms with Crippen molar-refractivity contribution in [2.75, 3.05) is 11.9 Å². The van der Waals surface area contributed by atoms with Gasteiger partial charge in [0.05, 0.1) is 11.9 Å². The van der Waals surface area contributed by atoms with Gasteiger partial charge in [-0.25, -0.2) is 4.68 Å². The smallest absolute Gasteiger partial charge is 0.422 e. The monoisotopic (exact) mass is 347 g/mol. The van der Waals surface area contributed by atoms with Crippen LogP contribution in [0.2, 0.25) is 5.02 Å². The van der Waals surface area contributed by atoms with Crippen LogP contribution in [0.4, 0.5) is 18.9 Å². The van der Waals surface area contributed by atoms with Crippen LogP contribution in [0.15, 0.2) is 35.3 Å². The Morgan fingerprint density at radius 2 is 2.13 bits per heavy atom. The van der Waals surface area contributed by atoms with Crippen LogP contribution in [0.3, 0.4) is 0 Å². The van der Waals surface area contributed by atoms with Crippen LogP contribution in [0.5, 0.6) is 5.75 Å². The van der Waals surface area contributed by atoms with Crippen molar-refractivity contribution >= 4 is 17.3 Å². The standard InChI is InChI=1S/C14H13ClF3N3O2/c1-21-13(22)12(15)11(7-20-21)19-6-9-3-2-4-10(5-9)23-8-14(16,17)18/h2-5,7,19H,6,8H2,1H3. The largest absolute Gasteiger partial charge is 0.484 e. The van der Waals surface area contributed by atoms with E-state index in [9.17, 15) is 18.0 Å². The summed E-state index contributed by atoms with van der Waals surface area (Å²) in [7, 11) is 1.47. The van der Waals surface area contributed by atoms with E-state index in [0.717, 1.165) is 4.68 Å². The normalized spacial score (nSPS) is 11.3. The average molecular weight is 348 g/mol. The number of aromatic nitrogens is 2. The van der Waals surface area contributed by atoms with Crippen LogP contribution < -0.4 is 15.6 Å². The molecule has 0 amide bonds. The maximum absolute atomic E-state index is 12.1. The molecule has 0 atom stereocenters. The SMILES string of the molecule is Cn1ncc(NCc2cccc(OCC(F)(F)F)c2)c(Cl)c1=O. The highest BCUT2D eigenvalue weighted by Crippen LogP contribution is 2.21. The van der Waals surface area contributed by atoms with Gasteiger partial charge in [-0.2, -0.15) is 18.3 Å². The van der Waals surface area contributed by atoms with Gasteiger partial charge < -0.3 is 10.1 Å². The molecule has 0 saturated carbocycles. The molecule has 0 aliphatic heterocycles. The molecule has 124 valence electrons. The predicted octanol–water partition coefficient (Wildman–Crippen LogP) is 2.99. The fourth-order valence-electron chi connectivity index (χ4n) is 1.74. The topological polar surface area (TPSA) is 56.1 Å².